The molecule has 306 valence electrons. The largest absolute Gasteiger partial charge is 0.308 e. The van der Waals surface area contributed by atoms with Crippen molar-refractivity contribution in [3.63, 3.8) is 0 Å². The zero-order valence-electron chi connectivity index (χ0n) is 35.9. The predicted molar refractivity (Wildman–Crippen MR) is 267 cm³/mol. The second kappa shape index (κ2) is 13.9. The fraction of sp³-hybridized carbons (Fsp3) is 0.161. The molecule has 0 amide bonds. The van der Waals surface area contributed by atoms with Gasteiger partial charge in [-0.15, -0.1) is 0 Å². The second-order valence-electron chi connectivity index (χ2n) is 19.3. The van der Waals surface area contributed by atoms with Gasteiger partial charge >= 0.3 is 0 Å². The molecular formula is C62H48N2. The summed E-state index contributed by atoms with van der Waals surface area (Å²) < 4.78 is 2.46. The third-order valence-corrected chi connectivity index (χ3v) is 16.2. The monoisotopic (exact) mass is 820 g/mol. The summed E-state index contributed by atoms with van der Waals surface area (Å²) in [6.07, 6.45) is 7.08. The summed E-state index contributed by atoms with van der Waals surface area (Å²) in [5, 5.41) is 4.97. The van der Waals surface area contributed by atoms with Crippen LogP contribution in [0.15, 0.2) is 206 Å². The lowest BCUT2D eigenvalue weighted by molar-refractivity contribution is -0.0399. The number of benzene rings is 9. The SMILES string of the molecule is c1ccc(-c2ccc(N(c3cccc4c(-c5ccc6c(c5)-c5ccccc5C65C6CC7CC(C6)CC5C7)cccc34)c3cccc4c5ccccc5n(-c5ccccc5)c34)cc2)cc1. The van der Waals surface area contributed by atoms with Gasteiger partial charge in [0.1, 0.15) is 0 Å². The van der Waals surface area contributed by atoms with Crippen molar-refractivity contribution in [3.8, 4) is 39.1 Å². The summed E-state index contributed by atoms with van der Waals surface area (Å²) in [5.74, 6) is 3.39. The van der Waals surface area contributed by atoms with Gasteiger partial charge < -0.3 is 9.47 Å². The highest BCUT2D eigenvalue weighted by Crippen LogP contribution is 2.69. The van der Waals surface area contributed by atoms with Gasteiger partial charge in [0, 0.05) is 32.9 Å². The van der Waals surface area contributed by atoms with Crippen LogP contribution in [0.25, 0.3) is 71.6 Å². The molecule has 1 heterocycles. The van der Waals surface area contributed by atoms with Crippen molar-refractivity contribution in [2.45, 2.75) is 37.5 Å². The minimum Gasteiger partial charge on any atom is -0.308 e. The maximum absolute atomic E-state index is 2.57. The van der Waals surface area contributed by atoms with E-state index in [0.717, 1.165) is 46.4 Å². The van der Waals surface area contributed by atoms with Crippen molar-refractivity contribution >= 4 is 49.6 Å². The Balaban J connectivity index is 0.975. The Labute approximate surface area is 375 Å². The zero-order chi connectivity index (χ0) is 41.9. The van der Waals surface area contributed by atoms with Crippen molar-refractivity contribution in [1.29, 1.82) is 0 Å². The first-order valence-corrected chi connectivity index (χ1v) is 23.5. The van der Waals surface area contributed by atoms with E-state index in [9.17, 15) is 0 Å². The molecule has 2 nitrogen and oxygen atoms in total. The molecule has 1 spiro atoms. The van der Waals surface area contributed by atoms with Crippen LogP contribution in [0.5, 0.6) is 0 Å². The van der Waals surface area contributed by atoms with Gasteiger partial charge in [-0.2, -0.15) is 0 Å². The van der Waals surface area contributed by atoms with Crippen molar-refractivity contribution in [2.24, 2.45) is 23.7 Å². The highest BCUT2D eigenvalue weighted by atomic mass is 15.2. The van der Waals surface area contributed by atoms with E-state index in [4.69, 9.17) is 0 Å². The molecule has 10 aromatic rings. The molecule has 0 radical (unpaired) electrons. The number of para-hydroxylation sites is 3. The summed E-state index contributed by atoms with van der Waals surface area (Å²) in [4.78, 5) is 2.51. The molecule has 0 atom stereocenters. The fourth-order valence-electron chi connectivity index (χ4n) is 13.9. The van der Waals surface area contributed by atoms with E-state index in [-0.39, 0.29) is 5.41 Å². The van der Waals surface area contributed by atoms with Crippen LogP contribution < -0.4 is 4.90 Å². The highest BCUT2D eigenvalue weighted by Gasteiger charge is 2.61. The molecule has 64 heavy (non-hydrogen) atoms. The summed E-state index contributed by atoms with van der Waals surface area (Å²) in [6, 6.07) is 77.4. The van der Waals surface area contributed by atoms with Gasteiger partial charge in [0.2, 0.25) is 0 Å². The first-order valence-electron chi connectivity index (χ1n) is 23.5. The molecule has 5 aliphatic carbocycles. The minimum atomic E-state index is 0.170. The average molecular weight is 821 g/mol. The van der Waals surface area contributed by atoms with Crippen LogP contribution in [0.1, 0.15) is 43.2 Å². The van der Waals surface area contributed by atoms with Crippen LogP contribution in [0.3, 0.4) is 0 Å². The molecule has 9 aromatic carbocycles. The van der Waals surface area contributed by atoms with E-state index in [0.29, 0.717) is 0 Å². The fourth-order valence-corrected chi connectivity index (χ4v) is 13.9. The molecule has 4 saturated carbocycles. The summed E-state index contributed by atoms with van der Waals surface area (Å²) in [7, 11) is 0. The predicted octanol–water partition coefficient (Wildman–Crippen LogP) is 16.5. The number of fused-ring (bicyclic) bond motifs is 7. The van der Waals surface area contributed by atoms with Crippen molar-refractivity contribution < 1.29 is 0 Å². The summed E-state index contributed by atoms with van der Waals surface area (Å²) >= 11 is 0. The summed E-state index contributed by atoms with van der Waals surface area (Å²) in [5.41, 5.74) is 18.3. The van der Waals surface area contributed by atoms with Gasteiger partial charge in [-0.3, -0.25) is 0 Å². The van der Waals surface area contributed by atoms with Gasteiger partial charge in [0.25, 0.3) is 0 Å². The maximum atomic E-state index is 2.57. The number of hydrogen-bond donors (Lipinski definition) is 0. The van der Waals surface area contributed by atoms with Crippen LogP contribution in [0, 0.1) is 23.7 Å². The third kappa shape index (κ3) is 5.14. The lowest BCUT2D eigenvalue weighted by atomic mass is 9.43. The van der Waals surface area contributed by atoms with Gasteiger partial charge in [0.05, 0.1) is 22.4 Å². The van der Waals surface area contributed by atoms with Gasteiger partial charge in [-0.1, -0.05) is 158 Å². The Bertz CT molecular complexity index is 3420. The lowest BCUT2D eigenvalue weighted by Crippen LogP contribution is -2.55. The third-order valence-electron chi connectivity index (χ3n) is 16.2. The van der Waals surface area contributed by atoms with Gasteiger partial charge in [0.15, 0.2) is 0 Å². The molecule has 2 heteroatoms. The van der Waals surface area contributed by atoms with Crippen molar-refractivity contribution in [1.82, 2.24) is 4.57 Å². The molecule has 0 saturated heterocycles. The molecule has 4 bridgehead atoms. The van der Waals surface area contributed by atoms with E-state index < -0.39 is 0 Å². The Morgan fingerprint density at radius 2 is 0.969 bits per heavy atom. The first-order chi connectivity index (χ1) is 31.7. The van der Waals surface area contributed by atoms with Gasteiger partial charge in [-0.05, 0) is 154 Å². The van der Waals surface area contributed by atoms with Crippen LogP contribution in [-0.2, 0) is 5.41 Å². The molecule has 0 unspecified atom stereocenters. The Hall–Kier alpha value is -7.16. The minimum absolute atomic E-state index is 0.170. The molecule has 1 aromatic heterocycles. The van der Waals surface area contributed by atoms with Crippen molar-refractivity contribution in [3.05, 3.63) is 217 Å². The summed E-state index contributed by atoms with van der Waals surface area (Å²) in [6.45, 7) is 0. The zero-order valence-corrected chi connectivity index (χ0v) is 35.9. The van der Waals surface area contributed by atoms with E-state index in [1.807, 2.05) is 0 Å². The smallest absolute Gasteiger partial charge is 0.0782 e. The maximum Gasteiger partial charge on any atom is 0.0782 e. The van der Waals surface area contributed by atoms with Gasteiger partial charge in [-0.25, -0.2) is 0 Å². The quantitative estimate of drug-likeness (QED) is 0.162. The number of nitrogens with zero attached hydrogens (tertiary/aromatic N) is 2. The molecular weight excluding hydrogens is 773 g/mol. The van der Waals surface area contributed by atoms with E-state index >= 15 is 0 Å². The average Bonchev–Trinajstić information content (AvgIpc) is 3.85. The number of anilines is 3. The van der Waals surface area contributed by atoms with Crippen LogP contribution >= 0.6 is 0 Å². The molecule has 15 rings (SSSR count). The highest BCUT2D eigenvalue weighted by molar-refractivity contribution is 6.16. The number of rotatable bonds is 6. The molecule has 4 fully saturated rings. The normalized spacial score (nSPS) is 21.5. The van der Waals surface area contributed by atoms with Crippen molar-refractivity contribution in [2.75, 3.05) is 4.90 Å². The standard InChI is InChI=1S/C62H48N2/c1-3-14-42(15-4-1)43-28-31-48(32-29-43)63(60-27-13-23-54-53-19-8-10-25-59(53)64(61(54)60)47-16-5-2-6-17-47)58-26-12-21-50-49(20-11-22-52(50)58)44-30-33-57-55(39-44)51-18-7-9-24-56(51)62(57)45-35-40-34-41(37-45)38-46(62)36-40/h1-33,39-41,45-46H,34-38H2. The second-order valence-corrected chi connectivity index (χ2v) is 19.3. The Morgan fingerprint density at radius 1 is 0.391 bits per heavy atom. The lowest BCUT2D eigenvalue weighted by Gasteiger charge is -2.61. The molecule has 0 N–H and O–H groups in total. The number of hydrogen-bond acceptors (Lipinski definition) is 1. The molecule has 0 aliphatic heterocycles. The Morgan fingerprint density at radius 3 is 1.77 bits per heavy atom. The topological polar surface area (TPSA) is 8.17 Å². The Kier molecular flexibility index (Phi) is 7.90. The molecule has 5 aliphatic rings. The van der Waals surface area contributed by atoms with Crippen LogP contribution in [0.2, 0.25) is 0 Å². The van der Waals surface area contributed by atoms with Crippen LogP contribution in [0.4, 0.5) is 17.1 Å². The van der Waals surface area contributed by atoms with E-state index in [2.05, 4.69) is 216 Å². The number of aromatic nitrogens is 1. The van der Waals surface area contributed by atoms with E-state index in [1.165, 1.54) is 98.1 Å². The van der Waals surface area contributed by atoms with E-state index in [1.54, 1.807) is 11.1 Å². The first kappa shape index (κ1) is 36.3. The van der Waals surface area contributed by atoms with Crippen LogP contribution in [-0.4, -0.2) is 4.57 Å².